The molecule has 0 aromatic carbocycles. The summed E-state index contributed by atoms with van der Waals surface area (Å²) in [5, 5.41) is 22.2. The molecule has 5 rings (SSSR count). The van der Waals surface area contributed by atoms with Gasteiger partial charge in [0, 0.05) is 37.4 Å². The summed E-state index contributed by atoms with van der Waals surface area (Å²) in [7, 11) is 0. The van der Waals surface area contributed by atoms with Crippen LogP contribution in [0, 0.1) is 34.3 Å². The van der Waals surface area contributed by atoms with Gasteiger partial charge in [-0.3, -0.25) is 10.1 Å². The number of nitriles is 1. The molecule has 2 N–H and O–H groups in total. The molecule has 4 aliphatic carbocycles. The maximum absolute atomic E-state index is 12.8. The van der Waals surface area contributed by atoms with Gasteiger partial charge in [0.25, 0.3) is 0 Å². The van der Waals surface area contributed by atoms with Crippen molar-refractivity contribution in [3.05, 3.63) is 5.21 Å². The van der Waals surface area contributed by atoms with Gasteiger partial charge in [0.15, 0.2) is 0 Å². The van der Waals surface area contributed by atoms with Gasteiger partial charge in [-0.15, -0.1) is 11.8 Å². The second-order valence-corrected chi connectivity index (χ2v) is 8.91. The highest BCUT2D eigenvalue weighted by molar-refractivity contribution is 7.99. The van der Waals surface area contributed by atoms with Gasteiger partial charge < -0.3 is 5.21 Å². The molecule has 1 aliphatic heterocycles. The van der Waals surface area contributed by atoms with Crippen LogP contribution in [0.4, 0.5) is 0 Å². The normalized spacial score (nSPS) is 45.1. The zero-order valence-corrected chi connectivity index (χ0v) is 13.9. The van der Waals surface area contributed by atoms with Crippen molar-refractivity contribution in [2.75, 3.05) is 24.7 Å². The summed E-state index contributed by atoms with van der Waals surface area (Å²) >= 11 is 1.81. The number of nitrogens with one attached hydrogen (secondary N) is 2. The fourth-order valence-corrected chi connectivity index (χ4v) is 6.86. The van der Waals surface area contributed by atoms with E-state index in [1.165, 1.54) is 19.3 Å². The van der Waals surface area contributed by atoms with E-state index in [1.807, 2.05) is 11.8 Å². The minimum atomic E-state index is -0.0386. The summed E-state index contributed by atoms with van der Waals surface area (Å²) in [6, 6.07) is 2.38. The van der Waals surface area contributed by atoms with E-state index >= 15 is 0 Å². The van der Waals surface area contributed by atoms with Gasteiger partial charge in [0.05, 0.1) is 12.6 Å². The van der Waals surface area contributed by atoms with Crippen LogP contribution in [0.2, 0.25) is 0 Å². The van der Waals surface area contributed by atoms with Crippen LogP contribution in [-0.2, 0) is 0 Å². The Morgan fingerprint density at radius 2 is 1.86 bits per heavy atom. The Kier molecular flexibility index (Phi) is 4.12. The predicted octanol–water partition coefficient (Wildman–Crippen LogP) is 0.741. The Bertz CT molecular complexity index is 430. The van der Waals surface area contributed by atoms with Crippen LogP contribution in [0.5, 0.6) is 0 Å². The van der Waals surface area contributed by atoms with Crippen LogP contribution in [0.25, 0.3) is 0 Å². The van der Waals surface area contributed by atoms with Crippen molar-refractivity contribution in [3.8, 4) is 6.07 Å². The smallest absolute Gasteiger partial charge is 0.116 e. The second-order valence-electron chi connectivity index (χ2n) is 7.91. The summed E-state index contributed by atoms with van der Waals surface area (Å²) in [6.07, 6.45) is 7.52. The van der Waals surface area contributed by atoms with E-state index < -0.39 is 0 Å². The van der Waals surface area contributed by atoms with Crippen LogP contribution in [-0.4, -0.2) is 41.2 Å². The summed E-state index contributed by atoms with van der Waals surface area (Å²) in [4.78, 5) is 2.19. The highest BCUT2D eigenvalue weighted by atomic mass is 32.2. The van der Waals surface area contributed by atoms with Gasteiger partial charge in [0.2, 0.25) is 0 Å². The van der Waals surface area contributed by atoms with Gasteiger partial charge in [-0.25, -0.2) is 0 Å². The van der Waals surface area contributed by atoms with Gasteiger partial charge >= 0.3 is 0 Å². The molecule has 0 amide bonds. The fourth-order valence-electron chi connectivity index (χ4n) is 5.71. The van der Waals surface area contributed by atoms with Crippen LogP contribution in [0.3, 0.4) is 0 Å². The molecular formula is C16H26N4OS. The Hall–Kier alpha value is -0.320. The SMILES string of the molecule is N#CC1CSCN1CCN[NH+]([O-])C12CC3CC(CC(C3)C1)C2. The van der Waals surface area contributed by atoms with Crippen molar-refractivity contribution >= 4 is 11.8 Å². The molecule has 1 heterocycles. The van der Waals surface area contributed by atoms with E-state index in [9.17, 15) is 5.21 Å². The molecule has 0 radical (unpaired) electrons. The average Bonchev–Trinajstić information content (AvgIpc) is 2.93. The Balaban J connectivity index is 1.31. The first-order chi connectivity index (χ1) is 10.7. The number of thioether (sulfide) groups is 1. The summed E-state index contributed by atoms with van der Waals surface area (Å²) < 4.78 is 0. The molecule has 22 heavy (non-hydrogen) atoms. The van der Waals surface area contributed by atoms with E-state index in [0.29, 0.717) is 11.7 Å². The molecule has 4 saturated carbocycles. The van der Waals surface area contributed by atoms with Crippen molar-refractivity contribution in [2.45, 2.75) is 50.1 Å². The van der Waals surface area contributed by atoms with E-state index in [4.69, 9.17) is 5.26 Å². The highest BCUT2D eigenvalue weighted by Crippen LogP contribution is 2.54. The monoisotopic (exact) mass is 322 g/mol. The largest absolute Gasteiger partial charge is 0.613 e. The molecule has 6 heteroatoms. The first kappa shape index (κ1) is 15.2. The van der Waals surface area contributed by atoms with E-state index in [0.717, 1.165) is 55.2 Å². The van der Waals surface area contributed by atoms with Crippen LogP contribution in [0.15, 0.2) is 0 Å². The molecule has 5 fully saturated rings. The minimum absolute atomic E-state index is 0.0291. The van der Waals surface area contributed by atoms with Crippen molar-refractivity contribution in [1.29, 1.82) is 5.26 Å². The van der Waals surface area contributed by atoms with Crippen LogP contribution >= 0.6 is 11.8 Å². The highest BCUT2D eigenvalue weighted by Gasteiger charge is 2.55. The molecule has 0 aromatic heterocycles. The van der Waals surface area contributed by atoms with E-state index in [1.54, 1.807) is 0 Å². The third-order valence-electron chi connectivity index (χ3n) is 6.33. The average molecular weight is 322 g/mol. The Labute approximate surface area is 136 Å². The van der Waals surface area contributed by atoms with Crippen LogP contribution in [0.1, 0.15) is 38.5 Å². The molecule has 122 valence electrons. The summed E-state index contributed by atoms with van der Waals surface area (Å²) in [5.74, 6) is 4.27. The minimum Gasteiger partial charge on any atom is -0.613 e. The Morgan fingerprint density at radius 1 is 1.23 bits per heavy atom. The van der Waals surface area contributed by atoms with Crippen molar-refractivity contribution in [2.24, 2.45) is 17.8 Å². The summed E-state index contributed by atoms with van der Waals surface area (Å²) in [6.45, 7) is 1.50. The zero-order chi connectivity index (χ0) is 15.2. The molecular weight excluding hydrogens is 296 g/mol. The first-order valence-corrected chi connectivity index (χ1v) is 9.84. The lowest BCUT2D eigenvalue weighted by atomic mass is 9.53. The molecule has 4 bridgehead atoms. The lowest BCUT2D eigenvalue weighted by Crippen LogP contribution is -3.23. The molecule has 2 atom stereocenters. The number of hydrogen-bond acceptors (Lipinski definition) is 5. The first-order valence-electron chi connectivity index (χ1n) is 8.68. The number of nitrogens with zero attached hydrogens (tertiary/aromatic N) is 2. The fraction of sp³-hybridized carbons (Fsp3) is 0.938. The number of hydroxylamine groups is 1. The topological polar surface area (TPSA) is 66.6 Å². The van der Waals surface area contributed by atoms with Gasteiger partial charge in [0.1, 0.15) is 11.6 Å². The third kappa shape index (κ3) is 2.67. The molecule has 2 unspecified atom stereocenters. The van der Waals surface area contributed by atoms with Gasteiger partial charge in [-0.05, 0) is 37.0 Å². The van der Waals surface area contributed by atoms with E-state index in [2.05, 4.69) is 16.4 Å². The molecule has 0 spiro atoms. The quantitative estimate of drug-likeness (QED) is 0.731. The predicted molar refractivity (Wildman–Crippen MR) is 86.7 cm³/mol. The number of hydrogen-bond donors (Lipinski definition) is 2. The number of rotatable bonds is 5. The number of quaternary nitrogens is 1. The van der Waals surface area contributed by atoms with Gasteiger partial charge in [-0.1, -0.05) is 0 Å². The molecule has 0 aromatic rings. The van der Waals surface area contributed by atoms with Crippen molar-refractivity contribution < 1.29 is 5.17 Å². The van der Waals surface area contributed by atoms with Crippen molar-refractivity contribution in [3.63, 3.8) is 0 Å². The molecule has 5 nitrogen and oxygen atoms in total. The molecule has 1 saturated heterocycles. The second kappa shape index (κ2) is 5.95. The standard InChI is InChI=1S/C16H26N4OS/c17-9-15-10-22-11-19(15)2-1-18-20(21)16-6-12-3-13(7-16)5-14(4-12)8-16/h12-15,18,20H,1-8,10-11H2. The lowest BCUT2D eigenvalue weighted by Gasteiger charge is -2.58. The van der Waals surface area contributed by atoms with Gasteiger partial charge in [-0.2, -0.15) is 10.7 Å². The van der Waals surface area contributed by atoms with Crippen molar-refractivity contribution in [1.82, 2.24) is 10.3 Å². The summed E-state index contributed by atoms with van der Waals surface area (Å²) in [5.41, 5.74) is 3.17. The third-order valence-corrected chi connectivity index (χ3v) is 7.39. The Morgan fingerprint density at radius 3 is 2.45 bits per heavy atom. The van der Waals surface area contributed by atoms with Crippen LogP contribution < -0.4 is 10.6 Å². The maximum atomic E-state index is 12.8. The lowest BCUT2D eigenvalue weighted by molar-refractivity contribution is -0.955. The molecule has 5 aliphatic rings. The zero-order valence-electron chi connectivity index (χ0n) is 13.1. The van der Waals surface area contributed by atoms with E-state index in [-0.39, 0.29) is 11.6 Å². The maximum Gasteiger partial charge on any atom is 0.116 e.